The summed E-state index contributed by atoms with van der Waals surface area (Å²) in [6.45, 7) is 0. The maximum Gasteiger partial charge on any atom is 3.00 e. The summed E-state index contributed by atoms with van der Waals surface area (Å²) >= 11 is 8.60. The van der Waals surface area contributed by atoms with Gasteiger partial charge in [0.25, 0.3) is 0 Å². The van der Waals surface area contributed by atoms with Crippen molar-refractivity contribution in [1.82, 2.24) is 0 Å². The Morgan fingerprint density at radius 3 is 0.649 bits per heavy atom. The number of hydrogen-bond acceptors (Lipinski definition) is 1. The van der Waals surface area contributed by atoms with Gasteiger partial charge in [0.15, 0.2) is 0 Å². The van der Waals surface area contributed by atoms with Crippen molar-refractivity contribution in [3.05, 3.63) is 287 Å². The molecule has 0 amide bonds. The van der Waals surface area contributed by atoms with E-state index in [1.165, 1.54) is 15.9 Å². The summed E-state index contributed by atoms with van der Waals surface area (Å²) in [5, 5.41) is 6.60. The fraction of sp³-hybridized carbons (Fsp3) is 0. The van der Waals surface area contributed by atoms with E-state index in [9.17, 15) is 65.9 Å². The zero-order valence-corrected chi connectivity index (χ0v) is 41.7. The monoisotopic (exact) mass is 1270 g/mol. The number of benzene rings is 9. The van der Waals surface area contributed by atoms with Gasteiger partial charge in [0.05, 0.1) is 87.3 Å². The first-order valence-electron chi connectivity index (χ1n) is 20.7. The van der Waals surface area contributed by atoms with Crippen molar-refractivity contribution in [3.63, 3.8) is 0 Å². The summed E-state index contributed by atoms with van der Waals surface area (Å²) in [7, 11) is -2.69. The fourth-order valence-electron chi connectivity index (χ4n) is 6.97. The molecule has 0 unspecified atom stereocenters. The van der Waals surface area contributed by atoms with Crippen LogP contribution < -0.4 is 31.8 Å². The van der Waals surface area contributed by atoms with E-state index in [0.29, 0.717) is 0 Å². The van der Waals surface area contributed by atoms with Crippen molar-refractivity contribution in [2.75, 3.05) is 0 Å². The molecule has 0 aliphatic carbocycles. The van der Waals surface area contributed by atoms with Gasteiger partial charge in [0.1, 0.15) is 0 Å². The Hall–Kier alpha value is -6.38. The van der Waals surface area contributed by atoms with E-state index in [2.05, 4.69) is 164 Å². The van der Waals surface area contributed by atoms with Crippen LogP contribution in [0.3, 0.4) is 0 Å². The molecule has 384 valence electrons. The Morgan fingerprint density at radius 1 is 0.284 bits per heavy atom. The van der Waals surface area contributed by atoms with Gasteiger partial charge >= 0.3 is 265 Å². The second-order valence-corrected chi connectivity index (χ2v) is 23.8. The number of nitrogens with zero attached hydrogens (tertiary/aromatic N) is 1. The maximum absolute atomic E-state index is 12.0. The molecule has 9 rings (SSSR count). The van der Waals surface area contributed by atoms with Crippen molar-refractivity contribution in [2.24, 2.45) is 4.52 Å². The second kappa shape index (κ2) is 25.2. The van der Waals surface area contributed by atoms with Gasteiger partial charge < -0.3 is 0 Å². The predicted molar refractivity (Wildman–Crippen MR) is 254 cm³/mol. The van der Waals surface area contributed by atoms with E-state index < -0.39 is 100 Å². The summed E-state index contributed by atoms with van der Waals surface area (Å²) in [4.78, 5) is 0. The number of hydrogen-bond donors (Lipinski definition) is 0. The van der Waals surface area contributed by atoms with Gasteiger partial charge in [-0.25, -0.2) is 39.5 Å². The van der Waals surface area contributed by atoms with Crippen molar-refractivity contribution in [2.45, 2.75) is 0 Å². The van der Waals surface area contributed by atoms with Crippen molar-refractivity contribution in [3.8, 4) is 0 Å². The van der Waals surface area contributed by atoms with Gasteiger partial charge in [0.2, 0.25) is 0 Å². The van der Waals surface area contributed by atoms with E-state index >= 15 is 0 Å². The first-order chi connectivity index (χ1) is 34.8. The summed E-state index contributed by atoms with van der Waals surface area (Å²) in [5.41, 5.74) is 0. The van der Waals surface area contributed by atoms with Gasteiger partial charge in [-0.15, -0.1) is 18.2 Å². The predicted octanol–water partition coefficient (Wildman–Crippen LogP) is 14.3. The molecule has 0 aliphatic rings. The molecule has 0 bridgehead atoms. The molecule has 20 heteroatoms. The quantitative estimate of drug-likeness (QED) is 0.0377. The van der Waals surface area contributed by atoms with Gasteiger partial charge in [-0.2, -0.15) is 0 Å². The summed E-state index contributed by atoms with van der Waals surface area (Å²) in [6, 6.07) is 66.8. The van der Waals surface area contributed by atoms with Crippen LogP contribution in [0.5, 0.6) is 0 Å². The van der Waals surface area contributed by atoms with Crippen LogP contribution in [0, 0.1) is 105 Å². The van der Waals surface area contributed by atoms with E-state index in [-0.39, 0.29) is 22.4 Å². The normalized spacial score (nSPS) is 11.4. The zero-order valence-electron chi connectivity index (χ0n) is 37.0. The minimum atomic E-state index is -4.00. The molecule has 9 aromatic carbocycles. The van der Waals surface area contributed by atoms with Crippen LogP contribution in [0.2, 0.25) is 0 Å². The first-order valence-corrected chi connectivity index (χ1v) is 25.5. The SMILES string of the molecule is ClP(N=P(c1ccccc1)(c1ccccc1)c1ccccc1)(c1ccccc1)(c1ccccc1)c1ccccc1.Fc1[c-]c(F)c(F)c(F)c1F.Fc1[c-]c(F)c(F)c(F)c1F.Fc1[c-]c(F)c(F)c(F)c1F.[Au+3]. The largest absolute Gasteiger partial charge is 3.00 e. The third kappa shape index (κ3) is 12.1. The minimum absolute atomic E-state index is 0. The third-order valence-electron chi connectivity index (χ3n) is 10.3. The fourth-order valence-corrected chi connectivity index (χ4v) is 19.1. The minimum Gasteiger partial charge on any atom is -0.278 e. The standard InChI is InChI=1S/C36H30ClNP2.3C6F5.Au/c37-40(34-25-13-4-14-26-34,35-27-15-5-16-28-35,36-29-17-6-18-30-36)38-39(31-19-7-1-8-20-31,32-21-9-2-10-22-32)33-23-11-3-12-24-33;3*7-2-1-3(8)5(10)6(11)4(2)9;/h1-30H;;;;/q;3*-1;+3. The molecule has 0 radical (unpaired) electrons. The number of rotatable bonds is 7. The van der Waals surface area contributed by atoms with Crippen LogP contribution in [0.4, 0.5) is 65.9 Å². The molecule has 0 heterocycles. The Kier molecular flexibility index (Phi) is 20.0. The maximum atomic E-state index is 12.0. The molecule has 0 N–H and O–H groups in total. The Balaban J connectivity index is 0.000000240. The van der Waals surface area contributed by atoms with E-state index in [0.717, 1.165) is 34.1 Å². The van der Waals surface area contributed by atoms with Gasteiger partial charge in [-0.05, 0) is 0 Å². The average molecular weight is 1270 g/mol. The Morgan fingerprint density at radius 2 is 0.459 bits per heavy atom. The van der Waals surface area contributed by atoms with Crippen LogP contribution in [0.25, 0.3) is 0 Å². The topological polar surface area (TPSA) is 12.4 Å². The Labute approximate surface area is 434 Å². The van der Waals surface area contributed by atoms with Crippen LogP contribution in [0.1, 0.15) is 0 Å². The zero-order chi connectivity index (χ0) is 53.1. The first kappa shape index (κ1) is 58.5. The number of halogens is 16. The molecule has 0 atom stereocenters. The van der Waals surface area contributed by atoms with Crippen LogP contribution >= 0.6 is 24.4 Å². The molecule has 0 spiro atoms. The van der Waals surface area contributed by atoms with E-state index in [4.69, 9.17) is 15.8 Å². The molecule has 74 heavy (non-hydrogen) atoms. The van der Waals surface area contributed by atoms with Crippen LogP contribution in [-0.2, 0) is 22.4 Å². The molecule has 0 saturated heterocycles. The van der Waals surface area contributed by atoms with Crippen molar-refractivity contribution >= 4 is 56.2 Å². The van der Waals surface area contributed by atoms with Gasteiger partial charge in [-0.1, -0.05) is 0 Å². The molecular formula is C54H30AuClF15NP2. The molecule has 1 nitrogen and oxygen atoms in total. The van der Waals surface area contributed by atoms with Crippen LogP contribution in [-0.4, -0.2) is 0 Å². The van der Waals surface area contributed by atoms with Crippen LogP contribution in [0.15, 0.2) is 187 Å². The second-order valence-electron chi connectivity index (χ2n) is 14.8. The van der Waals surface area contributed by atoms with E-state index in [1.54, 1.807) is 0 Å². The summed E-state index contributed by atoms with van der Waals surface area (Å²) in [6.07, 6.45) is -4.00. The molecule has 0 saturated carbocycles. The average Bonchev–Trinajstić information content (AvgIpc) is 3.43. The smallest absolute Gasteiger partial charge is 0.278 e. The van der Waals surface area contributed by atoms with Crippen molar-refractivity contribution < 1.29 is 88.2 Å². The van der Waals surface area contributed by atoms with E-state index in [1.807, 2.05) is 18.2 Å². The third-order valence-corrected chi connectivity index (χ3v) is 22.0. The van der Waals surface area contributed by atoms with Gasteiger partial charge in [-0.3, -0.25) is 26.3 Å². The van der Waals surface area contributed by atoms with Crippen molar-refractivity contribution in [1.29, 1.82) is 0 Å². The summed E-state index contributed by atoms with van der Waals surface area (Å²) in [5.74, 6) is -30.1. The molecule has 0 fully saturated rings. The Bertz CT molecular complexity index is 2960. The molecule has 9 aromatic rings. The molecule has 0 aromatic heterocycles. The molecule has 0 aliphatic heterocycles. The molecular weight excluding hydrogens is 1240 g/mol. The van der Waals surface area contributed by atoms with Gasteiger partial charge in [0, 0.05) is 0 Å². The summed E-state index contributed by atoms with van der Waals surface area (Å²) < 4.78 is 186.